The third-order valence-electron chi connectivity index (χ3n) is 3.79. The van der Waals surface area contributed by atoms with Crippen molar-refractivity contribution >= 4 is 34.2 Å². The second kappa shape index (κ2) is 5.83. The molecule has 3 aromatic rings. The Kier molecular flexibility index (Phi) is 4.33. The van der Waals surface area contributed by atoms with E-state index in [0.29, 0.717) is 6.54 Å². The fourth-order valence-corrected chi connectivity index (χ4v) is 2.78. The van der Waals surface area contributed by atoms with Crippen molar-refractivity contribution in [3.63, 3.8) is 0 Å². The number of rotatable bonds is 3. The third-order valence-corrected chi connectivity index (χ3v) is 3.79. The fourth-order valence-electron chi connectivity index (χ4n) is 2.78. The summed E-state index contributed by atoms with van der Waals surface area (Å²) < 4.78 is 2.34. The van der Waals surface area contributed by atoms with Crippen LogP contribution in [0.25, 0.3) is 21.8 Å². The number of fused-ring (bicyclic) bond motifs is 3. The van der Waals surface area contributed by atoms with E-state index in [-0.39, 0.29) is 18.4 Å². The zero-order valence-electron chi connectivity index (χ0n) is 11.5. The summed E-state index contributed by atoms with van der Waals surface area (Å²) in [6, 6.07) is 14.8. The quantitative estimate of drug-likeness (QED) is 0.778. The molecule has 2 aromatic carbocycles. The number of hydrogen-bond acceptors (Lipinski definition) is 2. The lowest BCUT2D eigenvalue weighted by molar-refractivity contribution is 0.738. The van der Waals surface area contributed by atoms with E-state index in [9.17, 15) is 0 Å². The van der Waals surface area contributed by atoms with Crippen LogP contribution >= 0.6 is 12.4 Å². The Morgan fingerprint density at radius 1 is 1.05 bits per heavy atom. The zero-order valence-corrected chi connectivity index (χ0v) is 12.4. The number of hydrogen-bond donors (Lipinski definition) is 2. The van der Waals surface area contributed by atoms with Crippen LogP contribution in [0.15, 0.2) is 42.5 Å². The van der Waals surface area contributed by atoms with Crippen LogP contribution in [0.4, 0.5) is 0 Å². The molecule has 0 unspecified atom stereocenters. The number of aromatic nitrogens is 1. The van der Waals surface area contributed by atoms with Crippen LogP contribution in [0, 0.1) is 0 Å². The van der Waals surface area contributed by atoms with Gasteiger partial charge in [0.2, 0.25) is 0 Å². The Bertz CT molecular complexity index is 733. The molecule has 1 aromatic heterocycles. The van der Waals surface area contributed by atoms with E-state index in [1.165, 1.54) is 21.8 Å². The molecule has 4 N–H and O–H groups in total. The maximum absolute atomic E-state index is 6.04. The summed E-state index contributed by atoms with van der Waals surface area (Å²) in [6.45, 7) is 3.61. The third kappa shape index (κ3) is 2.18. The molecule has 0 fully saturated rings. The lowest BCUT2D eigenvalue weighted by atomic mass is 10.0. The number of halogens is 1. The van der Waals surface area contributed by atoms with E-state index in [0.717, 1.165) is 12.1 Å². The maximum Gasteiger partial charge on any atom is 0.0491 e. The summed E-state index contributed by atoms with van der Waals surface area (Å²) in [5, 5.41) is 2.55. The molecule has 0 bridgehead atoms. The van der Waals surface area contributed by atoms with Gasteiger partial charge in [-0.3, -0.25) is 0 Å². The highest BCUT2D eigenvalue weighted by Gasteiger charge is 2.11. The Balaban J connectivity index is 0.00000147. The Morgan fingerprint density at radius 2 is 1.75 bits per heavy atom. The van der Waals surface area contributed by atoms with Crippen LogP contribution in [0.5, 0.6) is 0 Å². The number of benzene rings is 2. The molecular weight excluding hydrogens is 270 g/mol. The Morgan fingerprint density at radius 3 is 2.45 bits per heavy atom. The van der Waals surface area contributed by atoms with Gasteiger partial charge in [-0.15, -0.1) is 12.4 Å². The lowest BCUT2D eigenvalue weighted by Crippen LogP contribution is -2.20. The predicted molar refractivity (Wildman–Crippen MR) is 88.3 cm³/mol. The molecule has 1 atom stereocenters. The monoisotopic (exact) mass is 289 g/mol. The first kappa shape index (κ1) is 14.9. The molecule has 0 radical (unpaired) electrons. The number of aryl methyl sites for hydroxylation is 1. The molecule has 0 aliphatic carbocycles. The largest absolute Gasteiger partial charge is 0.341 e. The SMILES string of the molecule is CCn1c2ccccc2c2cc([C@H](N)CN)ccc21.Cl. The second-order valence-electron chi connectivity index (χ2n) is 4.88. The van der Waals surface area contributed by atoms with E-state index in [1.807, 2.05) is 0 Å². The second-order valence-corrected chi connectivity index (χ2v) is 4.88. The van der Waals surface area contributed by atoms with Crippen molar-refractivity contribution in [3.05, 3.63) is 48.0 Å². The van der Waals surface area contributed by atoms with Crippen molar-refractivity contribution in [1.82, 2.24) is 4.57 Å². The number of nitrogens with zero attached hydrogens (tertiary/aromatic N) is 1. The summed E-state index contributed by atoms with van der Waals surface area (Å²) in [5.41, 5.74) is 15.3. The summed E-state index contributed by atoms with van der Waals surface area (Å²) in [4.78, 5) is 0. The number of para-hydroxylation sites is 1. The van der Waals surface area contributed by atoms with Gasteiger partial charge in [0.05, 0.1) is 0 Å². The minimum Gasteiger partial charge on any atom is -0.341 e. The van der Waals surface area contributed by atoms with Gasteiger partial charge in [-0.1, -0.05) is 24.3 Å². The van der Waals surface area contributed by atoms with Crippen LogP contribution < -0.4 is 11.5 Å². The normalized spacial score (nSPS) is 12.6. The van der Waals surface area contributed by atoms with Gasteiger partial charge >= 0.3 is 0 Å². The molecule has 3 nitrogen and oxygen atoms in total. The minimum absolute atomic E-state index is 0. The number of nitrogens with two attached hydrogens (primary N) is 2. The standard InChI is InChI=1S/C16H19N3.ClH/c1-2-19-15-6-4-3-5-12(15)13-9-11(14(18)10-17)7-8-16(13)19;/h3-9,14H,2,10,17-18H2,1H3;1H/t14-;/m1./s1. The van der Waals surface area contributed by atoms with Gasteiger partial charge in [-0.2, -0.15) is 0 Å². The van der Waals surface area contributed by atoms with Crippen molar-refractivity contribution in [2.75, 3.05) is 6.54 Å². The van der Waals surface area contributed by atoms with Crippen molar-refractivity contribution in [3.8, 4) is 0 Å². The molecule has 0 aliphatic rings. The van der Waals surface area contributed by atoms with E-state index < -0.39 is 0 Å². The van der Waals surface area contributed by atoms with E-state index >= 15 is 0 Å². The highest BCUT2D eigenvalue weighted by atomic mass is 35.5. The van der Waals surface area contributed by atoms with E-state index in [4.69, 9.17) is 11.5 Å². The van der Waals surface area contributed by atoms with Crippen LogP contribution in [0.1, 0.15) is 18.5 Å². The molecule has 3 rings (SSSR count). The molecule has 0 amide bonds. The lowest BCUT2D eigenvalue weighted by Gasteiger charge is -2.09. The van der Waals surface area contributed by atoms with Crippen molar-refractivity contribution in [1.29, 1.82) is 0 Å². The summed E-state index contributed by atoms with van der Waals surface area (Å²) >= 11 is 0. The van der Waals surface area contributed by atoms with Gasteiger partial charge in [-0.25, -0.2) is 0 Å². The molecule has 0 spiro atoms. The van der Waals surface area contributed by atoms with Gasteiger partial charge in [0, 0.05) is 40.9 Å². The molecule has 106 valence electrons. The molecule has 4 heteroatoms. The summed E-state index contributed by atoms with van der Waals surface area (Å²) in [5.74, 6) is 0. The van der Waals surface area contributed by atoms with Crippen molar-refractivity contribution < 1.29 is 0 Å². The Hall–Kier alpha value is -1.55. The first-order valence-corrected chi connectivity index (χ1v) is 6.72. The Labute approximate surface area is 125 Å². The zero-order chi connectivity index (χ0) is 13.4. The summed E-state index contributed by atoms with van der Waals surface area (Å²) in [7, 11) is 0. The highest BCUT2D eigenvalue weighted by Crippen LogP contribution is 2.30. The average Bonchev–Trinajstić information content (AvgIpc) is 2.79. The van der Waals surface area contributed by atoms with Gasteiger partial charge in [0.1, 0.15) is 0 Å². The highest BCUT2D eigenvalue weighted by molar-refractivity contribution is 6.08. The van der Waals surface area contributed by atoms with Gasteiger partial charge < -0.3 is 16.0 Å². The van der Waals surface area contributed by atoms with Gasteiger partial charge in [0.25, 0.3) is 0 Å². The molecule has 0 saturated heterocycles. The van der Waals surface area contributed by atoms with Crippen LogP contribution in [-0.4, -0.2) is 11.1 Å². The molecular formula is C16H20ClN3. The van der Waals surface area contributed by atoms with E-state index in [2.05, 4.69) is 54.0 Å². The molecule has 0 saturated carbocycles. The maximum atomic E-state index is 6.04. The molecule has 0 aliphatic heterocycles. The van der Waals surface area contributed by atoms with Gasteiger partial charge in [-0.05, 0) is 30.7 Å². The van der Waals surface area contributed by atoms with Gasteiger partial charge in [0.15, 0.2) is 0 Å². The molecule has 20 heavy (non-hydrogen) atoms. The first-order chi connectivity index (χ1) is 9.26. The fraction of sp³-hybridized carbons (Fsp3) is 0.250. The van der Waals surface area contributed by atoms with Crippen LogP contribution in [-0.2, 0) is 6.54 Å². The predicted octanol–water partition coefficient (Wildman–Crippen LogP) is 3.19. The first-order valence-electron chi connectivity index (χ1n) is 6.72. The van der Waals surface area contributed by atoms with Crippen LogP contribution in [0.3, 0.4) is 0 Å². The van der Waals surface area contributed by atoms with Crippen LogP contribution in [0.2, 0.25) is 0 Å². The average molecular weight is 290 g/mol. The minimum atomic E-state index is -0.0897. The van der Waals surface area contributed by atoms with Crippen molar-refractivity contribution in [2.24, 2.45) is 11.5 Å². The smallest absolute Gasteiger partial charge is 0.0491 e. The van der Waals surface area contributed by atoms with E-state index in [1.54, 1.807) is 0 Å². The molecule has 1 heterocycles. The van der Waals surface area contributed by atoms with Crippen molar-refractivity contribution in [2.45, 2.75) is 19.5 Å². The summed E-state index contributed by atoms with van der Waals surface area (Å²) in [6.07, 6.45) is 0. The topological polar surface area (TPSA) is 57.0 Å².